The third-order valence-electron chi connectivity index (χ3n) is 7.52. The van der Waals surface area contributed by atoms with E-state index in [9.17, 15) is 5.11 Å². The van der Waals surface area contributed by atoms with E-state index in [1.165, 1.54) is 44.1 Å². The van der Waals surface area contributed by atoms with Gasteiger partial charge in [-0.1, -0.05) is 37.6 Å². The average molecular weight is 272 g/mol. The van der Waals surface area contributed by atoms with E-state index < -0.39 is 0 Å². The van der Waals surface area contributed by atoms with Crippen molar-refractivity contribution in [3.8, 4) is 0 Å². The zero-order chi connectivity index (χ0) is 13.9. The maximum atomic E-state index is 9.81. The van der Waals surface area contributed by atoms with Gasteiger partial charge in [-0.2, -0.15) is 0 Å². The van der Waals surface area contributed by atoms with Gasteiger partial charge in [-0.25, -0.2) is 0 Å². The number of hydrogen-bond acceptors (Lipinski definition) is 1. The quantitative estimate of drug-likeness (QED) is 0.651. The minimum atomic E-state index is -0.321. The van der Waals surface area contributed by atoms with Crippen LogP contribution in [-0.4, -0.2) is 11.2 Å². The van der Waals surface area contributed by atoms with E-state index in [-0.39, 0.29) is 6.10 Å². The number of allylic oxidation sites excluding steroid dienone is 2. The van der Waals surface area contributed by atoms with Crippen molar-refractivity contribution in [1.29, 1.82) is 0 Å². The van der Waals surface area contributed by atoms with Gasteiger partial charge in [-0.05, 0) is 67.6 Å². The van der Waals surface area contributed by atoms with Gasteiger partial charge in [0.05, 0.1) is 6.10 Å². The molecule has 0 heterocycles. The predicted octanol–water partition coefficient (Wildman–Crippen LogP) is 4.33. The summed E-state index contributed by atoms with van der Waals surface area (Å²) in [4.78, 5) is 0. The molecule has 3 saturated carbocycles. The Labute approximate surface area is 123 Å². The maximum absolute atomic E-state index is 9.81. The Balaban J connectivity index is 1.63. The molecule has 0 aliphatic heterocycles. The number of fused-ring (bicyclic) bond motifs is 5. The molecule has 1 nitrogen and oxygen atoms in total. The molecule has 0 radical (unpaired) electrons. The number of hydrogen-bond donors (Lipinski definition) is 1. The largest absolute Gasteiger partial charge is 0.385 e. The standard InChI is InChI=1S/C19H28O/c1-12-3-8-18-17-6-4-13-11-14(20)5-7-15(13)16(17)9-10-19(12,18)2/h5,7,11-12,14-18,20H,3-4,6,8-10H2,1-2H3/t12-,14?,15?,16+,17+,18-,19+/m0/s1. The van der Waals surface area contributed by atoms with Gasteiger partial charge in [0.2, 0.25) is 0 Å². The minimum absolute atomic E-state index is 0.321. The topological polar surface area (TPSA) is 20.2 Å². The minimum Gasteiger partial charge on any atom is -0.385 e. The van der Waals surface area contributed by atoms with Gasteiger partial charge < -0.3 is 5.11 Å². The fourth-order valence-corrected chi connectivity index (χ4v) is 6.18. The van der Waals surface area contributed by atoms with Crippen molar-refractivity contribution in [2.24, 2.45) is 35.0 Å². The van der Waals surface area contributed by atoms with Crippen molar-refractivity contribution >= 4 is 0 Å². The summed E-state index contributed by atoms with van der Waals surface area (Å²) in [7, 11) is 0. The second kappa shape index (κ2) is 4.47. The van der Waals surface area contributed by atoms with E-state index in [1.54, 1.807) is 0 Å². The van der Waals surface area contributed by atoms with Crippen LogP contribution >= 0.6 is 0 Å². The number of aliphatic hydroxyl groups excluding tert-OH is 1. The Morgan fingerprint density at radius 2 is 1.95 bits per heavy atom. The lowest BCUT2D eigenvalue weighted by Crippen LogP contribution is -2.45. The van der Waals surface area contributed by atoms with Gasteiger partial charge in [0.25, 0.3) is 0 Å². The Morgan fingerprint density at radius 1 is 1.10 bits per heavy atom. The lowest BCUT2D eigenvalue weighted by atomic mass is 9.52. The van der Waals surface area contributed by atoms with Crippen molar-refractivity contribution in [3.05, 3.63) is 23.8 Å². The van der Waals surface area contributed by atoms with Crippen molar-refractivity contribution in [2.75, 3.05) is 0 Å². The molecule has 0 bridgehead atoms. The average Bonchev–Trinajstić information content (AvgIpc) is 2.74. The zero-order valence-electron chi connectivity index (χ0n) is 12.9. The molecular formula is C19H28O. The van der Waals surface area contributed by atoms with E-state index >= 15 is 0 Å². The van der Waals surface area contributed by atoms with Gasteiger partial charge in [-0.15, -0.1) is 0 Å². The van der Waals surface area contributed by atoms with Gasteiger partial charge in [0.15, 0.2) is 0 Å². The van der Waals surface area contributed by atoms with Crippen LogP contribution in [0.4, 0.5) is 0 Å². The summed E-state index contributed by atoms with van der Waals surface area (Å²) >= 11 is 0. The number of rotatable bonds is 0. The summed E-state index contributed by atoms with van der Waals surface area (Å²) in [6, 6.07) is 0. The van der Waals surface area contributed by atoms with Gasteiger partial charge in [0.1, 0.15) is 0 Å². The molecule has 0 aromatic rings. The van der Waals surface area contributed by atoms with Crippen LogP contribution in [0, 0.1) is 35.0 Å². The molecular weight excluding hydrogens is 244 g/mol. The zero-order valence-corrected chi connectivity index (χ0v) is 12.9. The SMILES string of the molecule is C[C@H]1CC[C@H]2[C@@H]3CCC4=CC(O)C=CC4[C@H]3CC[C@]12C. The Kier molecular flexibility index (Phi) is 2.93. The Morgan fingerprint density at radius 3 is 2.80 bits per heavy atom. The van der Waals surface area contributed by atoms with Gasteiger partial charge in [0, 0.05) is 5.92 Å². The highest BCUT2D eigenvalue weighted by Gasteiger charge is 2.54. The third-order valence-corrected chi connectivity index (χ3v) is 7.52. The van der Waals surface area contributed by atoms with Gasteiger partial charge >= 0.3 is 0 Å². The molecule has 3 fully saturated rings. The van der Waals surface area contributed by atoms with E-state index in [0.29, 0.717) is 11.3 Å². The number of aliphatic hydroxyl groups is 1. The monoisotopic (exact) mass is 272 g/mol. The van der Waals surface area contributed by atoms with Crippen LogP contribution in [0.1, 0.15) is 52.4 Å². The van der Waals surface area contributed by atoms with Crippen LogP contribution in [-0.2, 0) is 0 Å². The molecule has 0 aromatic heterocycles. The molecule has 110 valence electrons. The molecule has 1 N–H and O–H groups in total. The highest BCUT2D eigenvalue weighted by atomic mass is 16.3. The predicted molar refractivity (Wildman–Crippen MR) is 82.2 cm³/mol. The lowest BCUT2D eigenvalue weighted by molar-refractivity contribution is -0.00851. The first-order valence-electron chi connectivity index (χ1n) is 8.66. The fourth-order valence-electron chi connectivity index (χ4n) is 6.18. The second-order valence-corrected chi connectivity index (χ2v) is 8.14. The van der Waals surface area contributed by atoms with E-state index in [4.69, 9.17) is 0 Å². The van der Waals surface area contributed by atoms with Crippen LogP contribution < -0.4 is 0 Å². The van der Waals surface area contributed by atoms with Crippen LogP contribution in [0.5, 0.6) is 0 Å². The van der Waals surface area contributed by atoms with E-state index in [0.717, 1.165) is 23.7 Å². The fraction of sp³-hybridized carbons (Fsp3) is 0.789. The first kappa shape index (κ1) is 13.1. The molecule has 7 atom stereocenters. The van der Waals surface area contributed by atoms with Crippen molar-refractivity contribution in [2.45, 2.75) is 58.5 Å². The maximum Gasteiger partial charge on any atom is 0.0905 e. The molecule has 4 aliphatic rings. The summed E-state index contributed by atoms with van der Waals surface area (Å²) in [5.41, 5.74) is 2.16. The molecule has 1 heteroatoms. The summed E-state index contributed by atoms with van der Waals surface area (Å²) in [6.45, 7) is 5.07. The smallest absolute Gasteiger partial charge is 0.0905 e. The molecule has 4 rings (SSSR count). The Hall–Kier alpha value is -0.560. The highest BCUT2D eigenvalue weighted by Crippen LogP contribution is 2.63. The lowest BCUT2D eigenvalue weighted by Gasteiger charge is -2.53. The highest BCUT2D eigenvalue weighted by molar-refractivity contribution is 5.28. The van der Waals surface area contributed by atoms with Gasteiger partial charge in [-0.3, -0.25) is 0 Å². The van der Waals surface area contributed by atoms with Crippen molar-refractivity contribution in [1.82, 2.24) is 0 Å². The van der Waals surface area contributed by atoms with Crippen LogP contribution in [0.15, 0.2) is 23.8 Å². The van der Waals surface area contributed by atoms with E-state index in [2.05, 4.69) is 26.0 Å². The van der Waals surface area contributed by atoms with Crippen LogP contribution in [0.25, 0.3) is 0 Å². The van der Waals surface area contributed by atoms with Crippen molar-refractivity contribution in [3.63, 3.8) is 0 Å². The summed E-state index contributed by atoms with van der Waals surface area (Å²) in [5, 5.41) is 9.81. The third kappa shape index (κ3) is 1.71. The molecule has 0 amide bonds. The molecule has 0 spiro atoms. The summed E-state index contributed by atoms with van der Waals surface area (Å²) < 4.78 is 0. The summed E-state index contributed by atoms with van der Waals surface area (Å²) in [6.07, 6.45) is 14.5. The van der Waals surface area contributed by atoms with Crippen LogP contribution in [0.3, 0.4) is 0 Å². The van der Waals surface area contributed by atoms with E-state index in [1.807, 2.05) is 6.08 Å². The van der Waals surface area contributed by atoms with Crippen LogP contribution in [0.2, 0.25) is 0 Å². The molecule has 0 saturated heterocycles. The normalized spacial score (nSPS) is 53.9. The van der Waals surface area contributed by atoms with Crippen molar-refractivity contribution < 1.29 is 5.11 Å². The molecule has 0 aromatic carbocycles. The molecule has 20 heavy (non-hydrogen) atoms. The molecule has 4 aliphatic carbocycles. The Bertz CT molecular complexity index is 462. The first-order valence-corrected chi connectivity index (χ1v) is 8.66. The molecule has 2 unspecified atom stereocenters. The first-order chi connectivity index (χ1) is 9.59. The summed E-state index contributed by atoms with van der Waals surface area (Å²) in [5.74, 6) is 4.35. The second-order valence-electron chi connectivity index (χ2n) is 8.14.